The molecule has 4 aliphatic rings. The van der Waals surface area contributed by atoms with Crippen LogP contribution in [0.4, 0.5) is 0 Å². The standard InChI is InChI=1S/C26H42O5/c1-25(2)18-29-26(30-19-25)15-13-20(22(26)14-16-27)11-12-23(21-8-4-3-5-9-21)31-24-10-6-7-17-28-24/h11-12,16,20-24H,3-10,13-15,17-19H2,1-2H3. The fraction of sp³-hybridized carbons (Fsp3) is 0.885. The summed E-state index contributed by atoms with van der Waals surface area (Å²) < 4.78 is 25.0. The first-order valence-corrected chi connectivity index (χ1v) is 12.7. The molecule has 31 heavy (non-hydrogen) atoms. The molecule has 176 valence electrons. The second-order valence-electron chi connectivity index (χ2n) is 10.9. The normalized spacial score (nSPS) is 34.8. The number of ether oxygens (including phenoxy) is 4. The van der Waals surface area contributed by atoms with Crippen molar-refractivity contribution in [3.63, 3.8) is 0 Å². The van der Waals surface area contributed by atoms with Gasteiger partial charge in [-0.3, -0.25) is 0 Å². The highest BCUT2D eigenvalue weighted by Crippen LogP contribution is 2.49. The number of hydrogen-bond donors (Lipinski definition) is 0. The lowest BCUT2D eigenvalue weighted by Crippen LogP contribution is -2.50. The molecule has 0 amide bonds. The zero-order chi connectivity index (χ0) is 21.7. The van der Waals surface area contributed by atoms with E-state index >= 15 is 0 Å². The predicted octanol–water partition coefficient (Wildman–Crippen LogP) is 5.42. The molecule has 1 spiro atoms. The molecule has 2 saturated heterocycles. The Kier molecular flexibility index (Phi) is 7.90. The lowest BCUT2D eigenvalue weighted by Gasteiger charge is -2.45. The Morgan fingerprint density at radius 1 is 1.00 bits per heavy atom. The van der Waals surface area contributed by atoms with E-state index in [1.165, 1.54) is 38.5 Å². The van der Waals surface area contributed by atoms with Crippen LogP contribution in [0, 0.1) is 23.2 Å². The maximum atomic E-state index is 11.5. The lowest BCUT2D eigenvalue weighted by molar-refractivity contribution is -0.315. The molecule has 5 heteroatoms. The molecule has 4 rings (SSSR count). The number of hydrogen-bond acceptors (Lipinski definition) is 5. The summed E-state index contributed by atoms with van der Waals surface area (Å²) in [5, 5.41) is 0. The summed E-state index contributed by atoms with van der Waals surface area (Å²) in [7, 11) is 0. The highest BCUT2D eigenvalue weighted by molar-refractivity contribution is 5.50. The average Bonchev–Trinajstić information content (AvgIpc) is 3.12. The molecule has 2 saturated carbocycles. The van der Waals surface area contributed by atoms with Crippen LogP contribution in [0.15, 0.2) is 12.2 Å². The summed E-state index contributed by atoms with van der Waals surface area (Å²) >= 11 is 0. The van der Waals surface area contributed by atoms with Crippen molar-refractivity contribution in [2.24, 2.45) is 23.2 Å². The maximum Gasteiger partial charge on any atom is 0.172 e. The van der Waals surface area contributed by atoms with E-state index in [9.17, 15) is 4.79 Å². The smallest absolute Gasteiger partial charge is 0.172 e. The van der Waals surface area contributed by atoms with Gasteiger partial charge in [-0.2, -0.15) is 0 Å². The van der Waals surface area contributed by atoms with Gasteiger partial charge in [-0.1, -0.05) is 45.3 Å². The van der Waals surface area contributed by atoms with Crippen LogP contribution in [-0.4, -0.2) is 44.3 Å². The van der Waals surface area contributed by atoms with Crippen LogP contribution in [-0.2, 0) is 23.7 Å². The molecule has 0 N–H and O–H groups in total. The van der Waals surface area contributed by atoms with E-state index in [0.717, 1.165) is 38.6 Å². The molecule has 0 radical (unpaired) electrons. The van der Waals surface area contributed by atoms with Gasteiger partial charge in [0.1, 0.15) is 6.29 Å². The van der Waals surface area contributed by atoms with Gasteiger partial charge in [-0.15, -0.1) is 0 Å². The van der Waals surface area contributed by atoms with Crippen molar-refractivity contribution in [3.05, 3.63) is 12.2 Å². The van der Waals surface area contributed by atoms with Gasteiger partial charge < -0.3 is 23.7 Å². The summed E-state index contributed by atoms with van der Waals surface area (Å²) in [5.41, 5.74) is 0.0326. The first-order chi connectivity index (χ1) is 15.0. The van der Waals surface area contributed by atoms with Gasteiger partial charge in [0.2, 0.25) is 0 Å². The van der Waals surface area contributed by atoms with Crippen molar-refractivity contribution in [1.82, 2.24) is 0 Å². The van der Waals surface area contributed by atoms with E-state index in [-0.39, 0.29) is 29.6 Å². The second-order valence-corrected chi connectivity index (χ2v) is 10.9. The Bertz CT molecular complexity index is 593. The molecule has 0 bridgehead atoms. The second kappa shape index (κ2) is 10.5. The quantitative estimate of drug-likeness (QED) is 0.396. The van der Waals surface area contributed by atoms with Crippen LogP contribution in [0.25, 0.3) is 0 Å². The fourth-order valence-electron chi connectivity index (χ4n) is 5.87. The molecule has 0 aromatic carbocycles. The Labute approximate surface area is 188 Å². The SMILES string of the molecule is CC1(C)COC2(CCC(C=CC(OC3CCCCO3)C3CCCCC3)C2CC=O)OC1. The summed E-state index contributed by atoms with van der Waals surface area (Å²) in [6, 6.07) is 0. The summed E-state index contributed by atoms with van der Waals surface area (Å²) in [5.74, 6) is 0.334. The van der Waals surface area contributed by atoms with Crippen LogP contribution in [0.2, 0.25) is 0 Å². The van der Waals surface area contributed by atoms with Gasteiger partial charge in [0.15, 0.2) is 12.1 Å². The van der Waals surface area contributed by atoms with E-state index in [4.69, 9.17) is 18.9 Å². The third kappa shape index (κ3) is 5.79. The minimum absolute atomic E-state index is 0.0326. The number of rotatable bonds is 7. The third-order valence-electron chi connectivity index (χ3n) is 7.78. The van der Waals surface area contributed by atoms with Gasteiger partial charge in [0.05, 0.1) is 19.3 Å². The Balaban J connectivity index is 1.45. The minimum Gasteiger partial charge on any atom is -0.353 e. The molecular formula is C26H42O5. The number of allylic oxidation sites excluding steroid dienone is 1. The molecule has 2 heterocycles. The maximum absolute atomic E-state index is 11.5. The zero-order valence-electron chi connectivity index (χ0n) is 19.6. The van der Waals surface area contributed by atoms with Gasteiger partial charge in [-0.25, -0.2) is 0 Å². The molecule has 0 aromatic rings. The summed E-state index contributed by atoms with van der Waals surface area (Å²) in [6.45, 7) is 6.52. The van der Waals surface area contributed by atoms with E-state index in [0.29, 0.717) is 25.6 Å². The van der Waals surface area contributed by atoms with E-state index < -0.39 is 5.79 Å². The van der Waals surface area contributed by atoms with Crippen molar-refractivity contribution in [2.75, 3.05) is 19.8 Å². The molecule has 4 fully saturated rings. The number of aldehydes is 1. The van der Waals surface area contributed by atoms with Crippen LogP contribution < -0.4 is 0 Å². The Hall–Kier alpha value is -0.750. The molecule has 2 aliphatic carbocycles. The monoisotopic (exact) mass is 434 g/mol. The lowest BCUT2D eigenvalue weighted by atomic mass is 9.83. The first-order valence-electron chi connectivity index (χ1n) is 12.7. The zero-order valence-corrected chi connectivity index (χ0v) is 19.6. The predicted molar refractivity (Wildman–Crippen MR) is 119 cm³/mol. The molecule has 4 unspecified atom stereocenters. The number of carbonyl (C=O) groups is 1. The van der Waals surface area contributed by atoms with Crippen molar-refractivity contribution in [1.29, 1.82) is 0 Å². The van der Waals surface area contributed by atoms with Crippen LogP contribution in [0.1, 0.15) is 84.5 Å². The van der Waals surface area contributed by atoms with Crippen LogP contribution in [0.5, 0.6) is 0 Å². The van der Waals surface area contributed by atoms with Crippen LogP contribution in [0.3, 0.4) is 0 Å². The van der Waals surface area contributed by atoms with Gasteiger partial charge in [-0.05, 0) is 50.4 Å². The third-order valence-corrected chi connectivity index (χ3v) is 7.78. The largest absolute Gasteiger partial charge is 0.353 e. The van der Waals surface area contributed by atoms with E-state index in [1.807, 2.05) is 0 Å². The van der Waals surface area contributed by atoms with Gasteiger partial charge in [0, 0.05) is 30.8 Å². The molecular weight excluding hydrogens is 392 g/mol. The van der Waals surface area contributed by atoms with Crippen molar-refractivity contribution >= 4 is 6.29 Å². The van der Waals surface area contributed by atoms with Crippen molar-refractivity contribution < 1.29 is 23.7 Å². The minimum atomic E-state index is -0.598. The molecule has 4 atom stereocenters. The number of carbonyl (C=O) groups excluding carboxylic acids is 1. The summed E-state index contributed by atoms with van der Waals surface area (Å²) in [6.07, 6.45) is 17.7. The molecule has 0 aromatic heterocycles. The van der Waals surface area contributed by atoms with E-state index in [2.05, 4.69) is 26.0 Å². The molecule has 5 nitrogen and oxygen atoms in total. The summed E-state index contributed by atoms with van der Waals surface area (Å²) in [4.78, 5) is 11.5. The van der Waals surface area contributed by atoms with Gasteiger partial charge >= 0.3 is 0 Å². The fourth-order valence-corrected chi connectivity index (χ4v) is 5.87. The van der Waals surface area contributed by atoms with Gasteiger partial charge in [0.25, 0.3) is 0 Å². The first kappa shape index (κ1) is 23.4. The van der Waals surface area contributed by atoms with Crippen LogP contribution >= 0.6 is 0 Å². The average molecular weight is 435 g/mol. The Morgan fingerprint density at radius 2 is 1.74 bits per heavy atom. The molecule has 2 aliphatic heterocycles. The Morgan fingerprint density at radius 3 is 2.42 bits per heavy atom. The highest BCUT2D eigenvalue weighted by Gasteiger charge is 2.52. The topological polar surface area (TPSA) is 54.0 Å². The van der Waals surface area contributed by atoms with E-state index in [1.54, 1.807) is 0 Å². The van der Waals surface area contributed by atoms with Crippen molar-refractivity contribution in [2.45, 2.75) is 103 Å². The van der Waals surface area contributed by atoms with Crippen molar-refractivity contribution in [3.8, 4) is 0 Å². The highest BCUT2D eigenvalue weighted by atomic mass is 16.7.